The van der Waals surface area contributed by atoms with Crippen LogP contribution in [0, 0.1) is 12.8 Å². The molecule has 31 heavy (non-hydrogen) atoms. The molecular weight excluding hydrogens is 396 g/mol. The number of primary amides is 1. The average Bonchev–Trinajstić information content (AvgIpc) is 3.26. The van der Waals surface area contributed by atoms with Gasteiger partial charge in [0.1, 0.15) is 11.3 Å². The highest BCUT2D eigenvalue weighted by Crippen LogP contribution is 2.48. The molecule has 2 aromatic carbocycles. The third kappa shape index (κ3) is 3.74. The molecule has 0 aromatic heterocycles. The lowest BCUT2D eigenvalue weighted by molar-refractivity contribution is -0.130. The standard InChI is InChI=1S/C23H26N4O4/c1-13-3-9-19-17(11-13)23(22(30)26-19)18(12-15(27-23)6-10-20(24)28)21(29)25-14-4-7-16(31-2)8-5-14/h3-5,7-9,11,15,18,27H,6,10,12H2,1-2H3,(H2,24,28)(H,25,29)(H,26,30)/t15-,18+,23-/m0/s1. The van der Waals surface area contributed by atoms with Crippen molar-refractivity contribution in [2.75, 3.05) is 17.7 Å². The fourth-order valence-electron chi connectivity index (χ4n) is 4.58. The topological polar surface area (TPSA) is 123 Å². The lowest BCUT2D eigenvalue weighted by Crippen LogP contribution is -2.52. The first-order valence-electron chi connectivity index (χ1n) is 10.3. The predicted molar refractivity (Wildman–Crippen MR) is 117 cm³/mol. The van der Waals surface area contributed by atoms with Crippen LogP contribution in [0.25, 0.3) is 0 Å². The van der Waals surface area contributed by atoms with E-state index >= 15 is 0 Å². The van der Waals surface area contributed by atoms with Crippen LogP contribution in [-0.4, -0.2) is 30.9 Å². The van der Waals surface area contributed by atoms with Crippen molar-refractivity contribution in [3.8, 4) is 5.75 Å². The number of nitrogens with two attached hydrogens (primary N) is 1. The zero-order chi connectivity index (χ0) is 22.2. The van der Waals surface area contributed by atoms with Crippen molar-refractivity contribution in [2.24, 2.45) is 11.7 Å². The maximum Gasteiger partial charge on any atom is 0.250 e. The van der Waals surface area contributed by atoms with Gasteiger partial charge in [-0.2, -0.15) is 0 Å². The molecule has 1 saturated heterocycles. The molecule has 0 saturated carbocycles. The molecule has 2 aromatic rings. The highest BCUT2D eigenvalue weighted by atomic mass is 16.5. The van der Waals surface area contributed by atoms with E-state index in [0.717, 1.165) is 11.1 Å². The van der Waals surface area contributed by atoms with Crippen molar-refractivity contribution in [3.05, 3.63) is 53.6 Å². The number of carbonyl (C=O) groups excluding carboxylic acids is 3. The summed E-state index contributed by atoms with van der Waals surface area (Å²) >= 11 is 0. The Bertz CT molecular complexity index is 1040. The van der Waals surface area contributed by atoms with E-state index in [1.165, 1.54) is 0 Å². The number of benzene rings is 2. The molecule has 0 aliphatic carbocycles. The Morgan fingerprint density at radius 2 is 1.97 bits per heavy atom. The zero-order valence-electron chi connectivity index (χ0n) is 17.5. The average molecular weight is 422 g/mol. The summed E-state index contributed by atoms with van der Waals surface area (Å²) in [7, 11) is 1.58. The molecule has 8 nitrogen and oxygen atoms in total. The van der Waals surface area contributed by atoms with Gasteiger partial charge in [0.05, 0.1) is 13.0 Å². The molecule has 8 heteroatoms. The van der Waals surface area contributed by atoms with Gasteiger partial charge in [0.15, 0.2) is 0 Å². The molecular formula is C23H26N4O4. The van der Waals surface area contributed by atoms with Crippen LogP contribution in [0.4, 0.5) is 11.4 Å². The lowest BCUT2D eigenvalue weighted by Gasteiger charge is -2.29. The highest BCUT2D eigenvalue weighted by Gasteiger charge is 2.60. The lowest BCUT2D eigenvalue weighted by atomic mass is 9.79. The van der Waals surface area contributed by atoms with Crippen LogP contribution in [-0.2, 0) is 19.9 Å². The summed E-state index contributed by atoms with van der Waals surface area (Å²) in [6, 6.07) is 12.5. The van der Waals surface area contributed by atoms with E-state index in [9.17, 15) is 14.4 Å². The van der Waals surface area contributed by atoms with Crippen LogP contribution in [0.15, 0.2) is 42.5 Å². The van der Waals surface area contributed by atoms with E-state index in [0.29, 0.717) is 30.0 Å². The number of hydrogen-bond donors (Lipinski definition) is 4. The number of carbonyl (C=O) groups is 3. The molecule has 1 fully saturated rings. The van der Waals surface area contributed by atoms with Gasteiger partial charge in [0.25, 0.3) is 0 Å². The van der Waals surface area contributed by atoms with Crippen LogP contribution in [0.1, 0.15) is 30.4 Å². The molecule has 162 valence electrons. The van der Waals surface area contributed by atoms with E-state index in [-0.39, 0.29) is 24.3 Å². The van der Waals surface area contributed by atoms with E-state index in [2.05, 4.69) is 16.0 Å². The van der Waals surface area contributed by atoms with Gasteiger partial charge in [0.2, 0.25) is 17.7 Å². The van der Waals surface area contributed by atoms with Crippen LogP contribution in [0.5, 0.6) is 5.75 Å². The Balaban J connectivity index is 1.67. The van der Waals surface area contributed by atoms with Gasteiger partial charge in [-0.05, 0) is 50.1 Å². The Morgan fingerprint density at radius 1 is 1.23 bits per heavy atom. The Hall–Kier alpha value is -3.39. The number of amides is 3. The fourth-order valence-corrected chi connectivity index (χ4v) is 4.58. The minimum Gasteiger partial charge on any atom is -0.497 e. The minimum atomic E-state index is -1.19. The molecule has 5 N–H and O–H groups in total. The first-order valence-corrected chi connectivity index (χ1v) is 10.3. The maximum absolute atomic E-state index is 13.4. The van der Waals surface area contributed by atoms with E-state index < -0.39 is 17.4 Å². The molecule has 2 heterocycles. The summed E-state index contributed by atoms with van der Waals surface area (Å²) in [5.41, 5.74) is 7.19. The summed E-state index contributed by atoms with van der Waals surface area (Å²) in [4.78, 5) is 38.0. The molecule has 2 aliphatic rings. The molecule has 2 aliphatic heterocycles. The smallest absolute Gasteiger partial charge is 0.250 e. The summed E-state index contributed by atoms with van der Waals surface area (Å²) < 4.78 is 5.16. The van der Waals surface area contributed by atoms with Gasteiger partial charge in [-0.3, -0.25) is 19.7 Å². The molecule has 0 radical (unpaired) electrons. The van der Waals surface area contributed by atoms with Gasteiger partial charge in [-0.25, -0.2) is 0 Å². The number of fused-ring (bicyclic) bond motifs is 2. The number of rotatable bonds is 6. The normalized spacial score (nSPS) is 24.0. The summed E-state index contributed by atoms with van der Waals surface area (Å²) in [5, 5.41) is 9.24. The monoisotopic (exact) mass is 422 g/mol. The second kappa shape index (κ2) is 8.03. The number of anilines is 2. The van der Waals surface area contributed by atoms with Gasteiger partial charge in [-0.1, -0.05) is 17.7 Å². The SMILES string of the molecule is COc1ccc(NC(=O)[C@H]2C[C@H](CCC(N)=O)N[C@]23C(=O)Nc2ccc(C)cc23)cc1. The molecule has 1 spiro atoms. The van der Waals surface area contributed by atoms with Gasteiger partial charge >= 0.3 is 0 Å². The molecule has 0 unspecified atom stereocenters. The third-order valence-electron chi connectivity index (χ3n) is 6.09. The Kier molecular flexibility index (Phi) is 5.41. The largest absolute Gasteiger partial charge is 0.497 e. The second-order valence-electron chi connectivity index (χ2n) is 8.16. The van der Waals surface area contributed by atoms with E-state index in [1.54, 1.807) is 31.4 Å². The van der Waals surface area contributed by atoms with Crippen molar-refractivity contribution in [1.29, 1.82) is 0 Å². The van der Waals surface area contributed by atoms with Crippen LogP contribution < -0.4 is 26.4 Å². The first-order chi connectivity index (χ1) is 14.8. The predicted octanol–water partition coefficient (Wildman–Crippen LogP) is 2.03. The van der Waals surface area contributed by atoms with E-state index in [4.69, 9.17) is 10.5 Å². The van der Waals surface area contributed by atoms with Crippen molar-refractivity contribution in [2.45, 2.75) is 37.8 Å². The zero-order valence-corrected chi connectivity index (χ0v) is 17.5. The maximum atomic E-state index is 13.4. The van der Waals surface area contributed by atoms with Crippen molar-refractivity contribution < 1.29 is 19.1 Å². The second-order valence-corrected chi connectivity index (χ2v) is 8.16. The number of methoxy groups -OCH3 is 1. The van der Waals surface area contributed by atoms with Crippen LogP contribution in [0.3, 0.4) is 0 Å². The fraction of sp³-hybridized carbons (Fsp3) is 0.348. The van der Waals surface area contributed by atoms with Crippen LogP contribution >= 0.6 is 0 Å². The van der Waals surface area contributed by atoms with Crippen molar-refractivity contribution >= 4 is 29.1 Å². The number of nitrogens with one attached hydrogen (secondary N) is 3. The first kappa shape index (κ1) is 20.9. The summed E-state index contributed by atoms with van der Waals surface area (Å²) in [5.74, 6) is -0.902. The van der Waals surface area contributed by atoms with Gasteiger partial charge in [0, 0.05) is 29.4 Å². The van der Waals surface area contributed by atoms with Crippen LogP contribution in [0.2, 0.25) is 0 Å². The summed E-state index contributed by atoms with van der Waals surface area (Å²) in [6.07, 6.45) is 1.05. The van der Waals surface area contributed by atoms with Gasteiger partial charge in [-0.15, -0.1) is 0 Å². The third-order valence-corrected chi connectivity index (χ3v) is 6.09. The molecule has 0 bridgehead atoms. The summed E-state index contributed by atoms with van der Waals surface area (Å²) in [6.45, 7) is 1.95. The quantitative estimate of drug-likeness (QED) is 0.567. The van der Waals surface area contributed by atoms with Crippen molar-refractivity contribution in [3.63, 3.8) is 0 Å². The minimum absolute atomic E-state index is 0.183. The number of ether oxygens (including phenoxy) is 1. The van der Waals surface area contributed by atoms with Crippen molar-refractivity contribution in [1.82, 2.24) is 5.32 Å². The number of aryl methyl sites for hydroxylation is 1. The van der Waals surface area contributed by atoms with Gasteiger partial charge < -0.3 is 21.1 Å². The molecule has 3 amide bonds. The molecule has 3 atom stereocenters. The Labute approximate surface area is 180 Å². The van der Waals surface area contributed by atoms with E-state index in [1.807, 2.05) is 25.1 Å². The highest BCUT2D eigenvalue weighted by molar-refractivity contribution is 6.10. The molecule has 4 rings (SSSR count). The Morgan fingerprint density at radius 3 is 2.65 bits per heavy atom. The number of hydrogen-bond acceptors (Lipinski definition) is 5.